The summed E-state index contributed by atoms with van der Waals surface area (Å²) in [6.45, 7) is 5.14. The molecule has 1 aromatic carbocycles. The fraction of sp³-hybridized carbons (Fsp3) is 0.619. The first-order chi connectivity index (χ1) is 13.2. The van der Waals surface area contributed by atoms with Gasteiger partial charge in [-0.1, -0.05) is 6.42 Å². The predicted octanol–water partition coefficient (Wildman–Crippen LogP) is 3.67. The first-order valence-electron chi connectivity index (χ1n) is 10.3. The number of hydrogen-bond donors (Lipinski definition) is 3. The molecular weight excluding hydrogens is 411 g/mol. The van der Waals surface area contributed by atoms with Gasteiger partial charge in [-0.3, -0.25) is 9.59 Å². The van der Waals surface area contributed by atoms with Crippen molar-refractivity contribution in [2.24, 2.45) is 5.92 Å². The molecular formula is C21H34Cl2N4O2. The van der Waals surface area contributed by atoms with Gasteiger partial charge in [-0.05, 0) is 82.0 Å². The number of rotatable bonds is 8. The van der Waals surface area contributed by atoms with Crippen LogP contribution in [0.25, 0.3) is 0 Å². The summed E-state index contributed by atoms with van der Waals surface area (Å²) in [5, 5.41) is 9.20. The van der Waals surface area contributed by atoms with Crippen LogP contribution in [-0.2, 0) is 9.59 Å². The zero-order valence-corrected chi connectivity index (χ0v) is 18.6. The third-order valence-corrected chi connectivity index (χ3v) is 5.50. The molecule has 2 fully saturated rings. The van der Waals surface area contributed by atoms with Gasteiger partial charge in [-0.25, -0.2) is 0 Å². The van der Waals surface area contributed by atoms with Crippen LogP contribution in [0.1, 0.15) is 44.9 Å². The number of carbonyl (C=O) groups excluding carboxylic acids is 2. The highest BCUT2D eigenvalue weighted by molar-refractivity contribution is 5.93. The average molecular weight is 445 g/mol. The molecule has 3 rings (SSSR count). The number of benzene rings is 1. The number of likely N-dealkylation sites (tertiary alicyclic amines) is 1. The van der Waals surface area contributed by atoms with Crippen LogP contribution in [0.5, 0.6) is 0 Å². The van der Waals surface area contributed by atoms with Crippen LogP contribution < -0.4 is 16.0 Å². The summed E-state index contributed by atoms with van der Waals surface area (Å²) < 4.78 is 0. The maximum Gasteiger partial charge on any atom is 0.225 e. The van der Waals surface area contributed by atoms with E-state index < -0.39 is 0 Å². The molecule has 1 unspecified atom stereocenters. The minimum atomic E-state index is 0. The Bertz CT molecular complexity index is 616. The van der Waals surface area contributed by atoms with Crippen LogP contribution in [0.3, 0.4) is 0 Å². The van der Waals surface area contributed by atoms with Crippen molar-refractivity contribution >= 4 is 48.0 Å². The lowest BCUT2D eigenvalue weighted by Crippen LogP contribution is -2.32. The molecule has 2 aliphatic rings. The molecule has 0 aliphatic carbocycles. The van der Waals surface area contributed by atoms with E-state index in [-0.39, 0.29) is 36.6 Å². The van der Waals surface area contributed by atoms with Crippen molar-refractivity contribution in [2.75, 3.05) is 43.4 Å². The number of nitrogens with one attached hydrogen (secondary N) is 3. The van der Waals surface area contributed by atoms with E-state index in [0.29, 0.717) is 18.8 Å². The maximum absolute atomic E-state index is 12.1. The van der Waals surface area contributed by atoms with Gasteiger partial charge in [-0.2, -0.15) is 0 Å². The molecule has 2 amide bonds. The van der Waals surface area contributed by atoms with Gasteiger partial charge >= 0.3 is 0 Å². The minimum Gasteiger partial charge on any atom is -0.326 e. The number of amides is 2. The van der Waals surface area contributed by atoms with Gasteiger partial charge in [0, 0.05) is 30.8 Å². The number of nitrogens with zero attached hydrogens (tertiary/aromatic N) is 1. The maximum atomic E-state index is 12.1. The summed E-state index contributed by atoms with van der Waals surface area (Å²) in [6, 6.07) is 7.37. The van der Waals surface area contributed by atoms with Gasteiger partial charge in [0.2, 0.25) is 11.8 Å². The highest BCUT2D eigenvalue weighted by Crippen LogP contribution is 2.17. The molecule has 6 nitrogen and oxygen atoms in total. The summed E-state index contributed by atoms with van der Waals surface area (Å²) in [5.41, 5.74) is 1.55. The van der Waals surface area contributed by atoms with Crippen LogP contribution >= 0.6 is 24.8 Å². The zero-order valence-electron chi connectivity index (χ0n) is 17.0. The molecule has 2 aliphatic heterocycles. The molecule has 0 radical (unpaired) electrons. The van der Waals surface area contributed by atoms with Crippen molar-refractivity contribution in [1.29, 1.82) is 0 Å². The van der Waals surface area contributed by atoms with E-state index in [1.54, 1.807) is 0 Å². The SMILES string of the molecule is Cl.Cl.O=C(CCC1CCNC1)Nc1ccc(NC(=O)CCN2CCCCC2)cc1. The van der Waals surface area contributed by atoms with Gasteiger partial charge in [0.15, 0.2) is 0 Å². The smallest absolute Gasteiger partial charge is 0.225 e. The van der Waals surface area contributed by atoms with Gasteiger partial charge in [0.05, 0.1) is 0 Å². The Labute approximate surface area is 186 Å². The standard InChI is InChI=1S/C21H32N4O2.2ClH/c26-20(9-4-17-10-12-22-16-17)23-18-5-7-19(8-6-18)24-21(27)11-15-25-13-2-1-3-14-25;;/h5-8,17,22H,1-4,9-16H2,(H,23,26)(H,24,27);2*1H. The number of carbonyl (C=O) groups is 2. The van der Waals surface area contributed by atoms with Crippen molar-refractivity contribution < 1.29 is 9.59 Å². The molecule has 0 spiro atoms. The molecule has 29 heavy (non-hydrogen) atoms. The average Bonchev–Trinajstić information content (AvgIpc) is 3.21. The number of hydrogen-bond acceptors (Lipinski definition) is 4. The molecule has 164 valence electrons. The third-order valence-electron chi connectivity index (χ3n) is 5.50. The molecule has 2 saturated heterocycles. The molecule has 0 saturated carbocycles. The lowest BCUT2D eigenvalue weighted by molar-refractivity contribution is -0.117. The van der Waals surface area contributed by atoms with E-state index in [2.05, 4.69) is 20.9 Å². The third kappa shape index (κ3) is 9.34. The number of halogens is 2. The van der Waals surface area contributed by atoms with Gasteiger partial charge in [-0.15, -0.1) is 24.8 Å². The van der Waals surface area contributed by atoms with E-state index in [1.165, 1.54) is 25.7 Å². The van der Waals surface area contributed by atoms with Gasteiger partial charge in [0.1, 0.15) is 0 Å². The zero-order chi connectivity index (χ0) is 18.9. The normalized spacial score (nSPS) is 19.0. The van der Waals surface area contributed by atoms with Crippen LogP contribution in [0.15, 0.2) is 24.3 Å². The van der Waals surface area contributed by atoms with Gasteiger partial charge < -0.3 is 20.9 Å². The van der Waals surface area contributed by atoms with Crippen LogP contribution in [-0.4, -0.2) is 49.4 Å². The second kappa shape index (κ2) is 13.8. The summed E-state index contributed by atoms with van der Waals surface area (Å²) >= 11 is 0. The highest BCUT2D eigenvalue weighted by Gasteiger charge is 2.16. The first kappa shape index (κ1) is 25.7. The van der Waals surface area contributed by atoms with E-state index in [1.807, 2.05) is 24.3 Å². The molecule has 2 heterocycles. The Morgan fingerprint density at radius 1 is 0.931 bits per heavy atom. The summed E-state index contributed by atoms with van der Waals surface area (Å²) in [4.78, 5) is 26.5. The Hall–Kier alpha value is -1.34. The van der Waals surface area contributed by atoms with Crippen molar-refractivity contribution in [3.05, 3.63) is 24.3 Å². The first-order valence-corrected chi connectivity index (χ1v) is 10.3. The van der Waals surface area contributed by atoms with E-state index in [0.717, 1.165) is 50.5 Å². The van der Waals surface area contributed by atoms with Gasteiger partial charge in [0.25, 0.3) is 0 Å². The van der Waals surface area contributed by atoms with E-state index in [4.69, 9.17) is 0 Å². The topological polar surface area (TPSA) is 73.5 Å². The number of anilines is 2. The second-order valence-corrected chi connectivity index (χ2v) is 7.72. The Morgan fingerprint density at radius 3 is 2.07 bits per heavy atom. The fourth-order valence-electron chi connectivity index (χ4n) is 3.82. The largest absolute Gasteiger partial charge is 0.326 e. The van der Waals surface area contributed by atoms with Crippen molar-refractivity contribution in [2.45, 2.75) is 44.9 Å². The molecule has 3 N–H and O–H groups in total. The monoisotopic (exact) mass is 444 g/mol. The summed E-state index contributed by atoms with van der Waals surface area (Å²) in [5.74, 6) is 0.723. The van der Waals surface area contributed by atoms with E-state index >= 15 is 0 Å². The second-order valence-electron chi connectivity index (χ2n) is 7.72. The quantitative estimate of drug-likeness (QED) is 0.571. The lowest BCUT2D eigenvalue weighted by Gasteiger charge is -2.25. The van der Waals surface area contributed by atoms with Crippen molar-refractivity contribution in [3.8, 4) is 0 Å². The minimum absolute atomic E-state index is 0. The van der Waals surface area contributed by atoms with Crippen molar-refractivity contribution in [1.82, 2.24) is 10.2 Å². The Morgan fingerprint density at radius 2 is 1.52 bits per heavy atom. The Kier molecular flexibility index (Phi) is 12.2. The van der Waals surface area contributed by atoms with E-state index in [9.17, 15) is 9.59 Å². The number of piperidine rings is 1. The summed E-state index contributed by atoms with van der Waals surface area (Å²) in [6.07, 6.45) is 6.97. The highest BCUT2D eigenvalue weighted by atomic mass is 35.5. The van der Waals surface area contributed by atoms with Crippen LogP contribution in [0, 0.1) is 5.92 Å². The predicted molar refractivity (Wildman–Crippen MR) is 123 cm³/mol. The fourth-order valence-corrected chi connectivity index (χ4v) is 3.82. The Balaban J connectivity index is 0.00000210. The lowest BCUT2D eigenvalue weighted by atomic mass is 10.0. The molecule has 1 aromatic rings. The van der Waals surface area contributed by atoms with Crippen LogP contribution in [0.2, 0.25) is 0 Å². The van der Waals surface area contributed by atoms with Crippen molar-refractivity contribution in [3.63, 3.8) is 0 Å². The molecule has 8 heteroatoms. The molecule has 0 bridgehead atoms. The molecule has 0 aromatic heterocycles. The molecule has 1 atom stereocenters. The summed E-state index contributed by atoms with van der Waals surface area (Å²) in [7, 11) is 0. The van der Waals surface area contributed by atoms with Crippen LogP contribution in [0.4, 0.5) is 11.4 Å².